The predicted molar refractivity (Wildman–Crippen MR) is 68.0 cm³/mol. The van der Waals surface area contributed by atoms with Gasteiger partial charge < -0.3 is 10.2 Å². The average molecular weight is 273 g/mol. The van der Waals surface area contributed by atoms with Crippen molar-refractivity contribution in [1.82, 2.24) is 9.88 Å². The van der Waals surface area contributed by atoms with Gasteiger partial charge in [0.1, 0.15) is 5.82 Å². The number of rotatable bonds is 2. The Morgan fingerprint density at radius 3 is 2.79 bits per heavy atom. The second kappa shape index (κ2) is 5.36. The van der Waals surface area contributed by atoms with Gasteiger partial charge in [0.15, 0.2) is 0 Å². The molecule has 1 aliphatic rings. The number of piperidine rings is 1. The summed E-state index contributed by atoms with van der Waals surface area (Å²) in [6.45, 7) is 2.96. The van der Waals surface area contributed by atoms with Gasteiger partial charge in [0.25, 0.3) is 0 Å². The highest BCUT2D eigenvalue weighted by Crippen LogP contribution is 2.34. The molecular weight excluding hydrogens is 255 g/mol. The zero-order valence-corrected chi connectivity index (χ0v) is 11.0. The van der Waals surface area contributed by atoms with Crippen LogP contribution in [0.3, 0.4) is 0 Å². The fourth-order valence-corrected chi connectivity index (χ4v) is 2.36. The number of nitrogens with zero attached hydrogens (tertiary/aromatic N) is 2. The number of halogens is 3. The van der Waals surface area contributed by atoms with E-state index in [2.05, 4.69) is 22.1 Å². The fourth-order valence-electron chi connectivity index (χ4n) is 2.36. The average Bonchev–Trinajstić information content (AvgIpc) is 2.33. The van der Waals surface area contributed by atoms with Crippen molar-refractivity contribution in [3.8, 4) is 0 Å². The SMILES string of the molecule is CC1CC(Nc2ncccc2C(F)(F)F)CCN1C. The normalized spacial score (nSPS) is 25.3. The van der Waals surface area contributed by atoms with Gasteiger partial charge in [0, 0.05) is 24.8 Å². The van der Waals surface area contributed by atoms with Crippen LogP contribution in [0.5, 0.6) is 0 Å². The smallest absolute Gasteiger partial charge is 0.367 e. The van der Waals surface area contributed by atoms with Crippen LogP contribution in [0.25, 0.3) is 0 Å². The van der Waals surface area contributed by atoms with Crippen molar-refractivity contribution < 1.29 is 13.2 Å². The van der Waals surface area contributed by atoms with E-state index in [9.17, 15) is 13.2 Å². The summed E-state index contributed by atoms with van der Waals surface area (Å²) in [6.07, 6.45) is -1.33. The predicted octanol–water partition coefficient (Wildman–Crippen LogP) is 3.00. The van der Waals surface area contributed by atoms with Crippen molar-refractivity contribution in [2.75, 3.05) is 18.9 Å². The molecule has 19 heavy (non-hydrogen) atoms. The summed E-state index contributed by atoms with van der Waals surface area (Å²) < 4.78 is 38.6. The topological polar surface area (TPSA) is 28.2 Å². The first-order valence-corrected chi connectivity index (χ1v) is 6.37. The van der Waals surface area contributed by atoms with E-state index in [-0.39, 0.29) is 11.9 Å². The standard InChI is InChI=1S/C13H18F3N3/c1-9-8-10(5-7-19(9)2)18-12-11(13(14,15)16)4-3-6-17-12/h3-4,6,9-10H,5,7-8H2,1-2H3,(H,17,18). The lowest BCUT2D eigenvalue weighted by atomic mass is 9.99. The van der Waals surface area contributed by atoms with Gasteiger partial charge in [0.05, 0.1) is 5.56 Å². The maximum atomic E-state index is 12.9. The van der Waals surface area contributed by atoms with E-state index < -0.39 is 11.7 Å². The molecule has 2 atom stereocenters. The number of hydrogen-bond donors (Lipinski definition) is 1. The van der Waals surface area contributed by atoms with Crippen molar-refractivity contribution in [2.24, 2.45) is 0 Å². The number of nitrogens with one attached hydrogen (secondary N) is 1. The molecule has 0 aliphatic carbocycles. The lowest BCUT2D eigenvalue weighted by Crippen LogP contribution is -2.43. The Kier molecular flexibility index (Phi) is 3.99. The van der Waals surface area contributed by atoms with Crippen molar-refractivity contribution in [1.29, 1.82) is 0 Å². The summed E-state index contributed by atoms with van der Waals surface area (Å²) >= 11 is 0. The zero-order chi connectivity index (χ0) is 14.0. The van der Waals surface area contributed by atoms with Gasteiger partial charge >= 0.3 is 6.18 Å². The summed E-state index contributed by atoms with van der Waals surface area (Å²) in [4.78, 5) is 6.05. The highest BCUT2D eigenvalue weighted by atomic mass is 19.4. The molecule has 1 saturated heterocycles. The van der Waals surface area contributed by atoms with E-state index in [4.69, 9.17) is 0 Å². The molecule has 1 aromatic heterocycles. The summed E-state index contributed by atoms with van der Waals surface area (Å²) in [5, 5.41) is 2.95. The molecule has 0 spiro atoms. The Morgan fingerprint density at radius 2 is 2.16 bits per heavy atom. The molecule has 1 aliphatic heterocycles. The fraction of sp³-hybridized carbons (Fsp3) is 0.615. The van der Waals surface area contributed by atoms with Crippen LogP contribution in [0.15, 0.2) is 18.3 Å². The van der Waals surface area contributed by atoms with Gasteiger partial charge in [-0.3, -0.25) is 0 Å². The Bertz CT molecular complexity index is 433. The molecule has 0 saturated carbocycles. The Balaban J connectivity index is 2.12. The molecular formula is C13H18F3N3. The van der Waals surface area contributed by atoms with Crippen LogP contribution in [0.2, 0.25) is 0 Å². The van der Waals surface area contributed by atoms with E-state index in [0.717, 1.165) is 25.5 Å². The monoisotopic (exact) mass is 273 g/mol. The van der Waals surface area contributed by atoms with Gasteiger partial charge in [-0.1, -0.05) is 0 Å². The van der Waals surface area contributed by atoms with Gasteiger partial charge in [-0.15, -0.1) is 0 Å². The van der Waals surface area contributed by atoms with Crippen molar-refractivity contribution in [3.05, 3.63) is 23.9 Å². The number of alkyl halides is 3. The number of hydrogen-bond acceptors (Lipinski definition) is 3. The number of aromatic nitrogens is 1. The lowest BCUT2D eigenvalue weighted by Gasteiger charge is -2.35. The maximum absolute atomic E-state index is 12.9. The third-order valence-corrected chi connectivity index (χ3v) is 3.66. The third-order valence-electron chi connectivity index (χ3n) is 3.66. The first-order valence-electron chi connectivity index (χ1n) is 6.37. The molecule has 0 bridgehead atoms. The summed E-state index contributed by atoms with van der Waals surface area (Å²) in [7, 11) is 2.03. The van der Waals surface area contributed by atoms with Crippen LogP contribution in [0.4, 0.5) is 19.0 Å². The zero-order valence-electron chi connectivity index (χ0n) is 11.0. The van der Waals surface area contributed by atoms with E-state index in [1.54, 1.807) is 0 Å². The van der Waals surface area contributed by atoms with Crippen LogP contribution >= 0.6 is 0 Å². The third kappa shape index (κ3) is 3.37. The van der Waals surface area contributed by atoms with Crippen molar-refractivity contribution in [3.63, 3.8) is 0 Å². The molecule has 0 radical (unpaired) electrons. The summed E-state index contributed by atoms with van der Waals surface area (Å²) in [5.41, 5.74) is -0.693. The minimum atomic E-state index is -4.37. The lowest BCUT2D eigenvalue weighted by molar-refractivity contribution is -0.137. The molecule has 3 nitrogen and oxygen atoms in total. The molecule has 1 aromatic rings. The summed E-state index contributed by atoms with van der Waals surface area (Å²) in [5.74, 6) is -0.0586. The molecule has 2 heterocycles. The molecule has 106 valence electrons. The van der Waals surface area contributed by atoms with Crippen LogP contribution in [0, 0.1) is 0 Å². The van der Waals surface area contributed by atoms with Crippen molar-refractivity contribution >= 4 is 5.82 Å². The second-order valence-electron chi connectivity index (χ2n) is 5.09. The quantitative estimate of drug-likeness (QED) is 0.898. The van der Waals surface area contributed by atoms with Crippen LogP contribution in [0.1, 0.15) is 25.3 Å². The summed E-state index contributed by atoms with van der Waals surface area (Å²) in [6, 6.07) is 2.78. The van der Waals surface area contributed by atoms with Gasteiger partial charge in [-0.25, -0.2) is 4.98 Å². The highest BCUT2D eigenvalue weighted by molar-refractivity contribution is 5.46. The molecule has 1 fully saturated rings. The molecule has 2 unspecified atom stereocenters. The number of anilines is 1. The number of pyridine rings is 1. The second-order valence-corrected chi connectivity index (χ2v) is 5.09. The van der Waals surface area contributed by atoms with E-state index in [1.165, 1.54) is 12.3 Å². The molecule has 1 N–H and O–H groups in total. The molecule has 0 aromatic carbocycles. The Morgan fingerprint density at radius 1 is 1.42 bits per heavy atom. The van der Waals surface area contributed by atoms with Crippen LogP contribution in [-0.2, 0) is 6.18 Å². The van der Waals surface area contributed by atoms with E-state index in [0.29, 0.717) is 6.04 Å². The van der Waals surface area contributed by atoms with Crippen LogP contribution in [-0.4, -0.2) is 35.6 Å². The number of likely N-dealkylation sites (tertiary alicyclic amines) is 1. The molecule has 2 rings (SSSR count). The van der Waals surface area contributed by atoms with Gasteiger partial charge in [-0.2, -0.15) is 13.2 Å². The Hall–Kier alpha value is -1.30. The largest absolute Gasteiger partial charge is 0.419 e. The van der Waals surface area contributed by atoms with Gasteiger partial charge in [-0.05, 0) is 38.9 Å². The highest BCUT2D eigenvalue weighted by Gasteiger charge is 2.35. The van der Waals surface area contributed by atoms with Crippen LogP contribution < -0.4 is 5.32 Å². The van der Waals surface area contributed by atoms with Gasteiger partial charge in [0.2, 0.25) is 0 Å². The minimum absolute atomic E-state index is 0.0437. The Labute approximate surface area is 110 Å². The van der Waals surface area contributed by atoms with E-state index >= 15 is 0 Å². The van der Waals surface area contributed by atoms with Crippen molar-refractivity contribution in [2.45, 2.75) is 38.0 Å². The first kappa shape index (κ1) is 14.1. The minimum Gasteiger partial charge on any atom is -0.367 e. The van der Waals surface area contributed by atoms with E-state index in [1.807, 2.05) is 7.05 Å². The molecule has 0 amide bonds. The first-order chi connectivity index (χ1) is 8.88. The molecule has 6 heteroatoms. The maximum Gasteiger partial charge on any atom is 0.419 e.